The summed E-state index contributed by atoms with van der Waals surface area (Å²) in [6.07, 6.45) is 2.27. The van der Waals surface area contributed by atoms with E-state index in [1.54, 1.807) is 18.3 Å². The van der Waals surface area contributed by atoms with Crippen LogP contribution < -0.4 is 5.73 Å². The van der Waals surface area contributed by atoms with Crippen LogP contribution >= 0.6 is 11.6 Å². The van der Waals surface area contributed by atoms with E-state index in [2.05, 4.69) is 10.3 Å². The minimum atomic E-state index is -0.434. The van der Waals surface area contributed by atoms with E-state index in [0.717, 1.165) is 5.69 Å². The molecule has 2 rings (SSSR count). The number of nitrogens with zero attached hydrogens (tertiary/aromatic N) is 3. The summed E-state index contributed by atoms with van der Waals surface area (Å²) in [5.41, 5.74) is 6.44. The maximum atomic E-state index is 13.5. The van der Waals surface area contributed by atoms with Crippen LogP contribution in [0.2, 0.25) is 5.02 Å². The molecule has 0 fully saturated rings. The lowest BCUT2D eigenvalue weighted by Gasteiger charge is -2.01. The van der Waals surface area contributed by atoms with Gasteiger partial charge in [-0.3, -0.25) is 0 Å². The average Bonchev–Trinajstić information content (AvgIpc) is 2.67. The first-order valence-corrected chi connectivity index (χ1v) is 5.15. The fraction of sp³-hybridized carbons (Fsp3) is 0.200. The fourth-order valence-electron chi connectivity index (χ4n) is 1.35. The second kappa shape index (κ2) is 4.59. The van der Waals surface area contributed by atoms with Crippen molar-refractivity contribution in [1.82, 2.24) is 15.0 Å². The largest absolute Gasteiger partial charge is 0.330 e. The van der Waals surface area contributed by atoms with Gasteiger partial charge < -0.3 is 5.73 Å². The third-order valence-electron chi connectivity index (χ3n) is 2.10. The van der Waals surface area contributed by atoms with Crippen molar-refractivity contribution >= 4 is 11.6 Å². The molecule has 4 nitrogen and oxygen atoms in total. The van der Waals surface area contributed by atoms with Crippen LogP contribution in [0, 0.1) is 5.82 Å². The topological polar surface area (TPSA) is 56.7 Å². The van der Waals surface area contributed by atoms with Gasteiger partial charge in [0, 0.05) is 11.4 Å². The Labute approximate surface area is 96.8 Å². The zero-order valence-corrected chi connectivity index (χ0v) is 9.15. The third-order valence-corrected chi connectivity index (χ3v) is 2.33. The monoisotopic (exact) mass is 240 g/mol. The Balaban J connectivity index is 2.35. The molecule has 1 aromatic heterocycles. The highest BCUT2D eigenvalue weighted by Crippen LogP contribution is 2.17. The first-order valence-electron chi connectivity index (χ1n) is 4.77. The molecule has 1 aromatic carbocycles. The first kappa shape index (κ1) is 11.0. The van der Waals surface area contributed by atoms with Crippen LogP contribution in [-0.4, -0.2) is 21.5 Å². The lowest BCUT2D eigenvalue weighted by atomic mass is 10.3. The second-order valence-corrected chi connectivity index (χ2v) is 3.73. The number of nitrogens with two attached hydrogens (primary N) is 1. The van der Waals surface area contributed by atoms with Crippen molar-refractivity contribution in [2.24, 2.45) is 5.73 Å². The second-order valence-electron chi connectivity index (χ2n) is 3.29. The number of halogens is 2. The predicted molar refractivity (Wildman–Crippen MR) is 59.1 cm³/mol. The Bertz CT molecular complexity index is 497. The van der Waals surface area contributed by atoms with Gasteiger partial charge in [0.2, 0.25) is 0 Å². The molecule has 2 aromatic rings. The van der Waals surface area contributed by atoms with Crippen LogP contribution in [-0.2, 0) is 6.42 Å². The van der Waals surface area contributed by atoms with Crippen LogP contribution in [0.4, 0.5) is 4.39 Å². The van der Waals surface area contributed by atoms with Gasteiger partial charge in [-0.25, -0.2) is 9.07 Å². The fourth-order valence-corrected chi connectivity index (χ4v) is 1.50. The molecule has 1 heterocycles. The molecule has 0 bridgehead atoms. The number of rotatable bonds is 3. The van der Waals surface area contributed by atoms with E-state index in [1.165, 1.54) is 10.7 Å². The summed E-state index contributed by atoms with van der Waals surface area (Å²) >= 11 is 5.66. The van der Waals surface area contributed by atoms with Gasteiger partial charge in [-0.2, -0.15) is 0 Å². The van der Waals surface area contributed by atoms with Crippen LogP contribution in [0.5, 0.6) is 0 Å². The highest BCUT2D eigenvalue weighted by Gasteiger charge is 2.07. The minimum absolute atomic E-state index is 0.320. The van der Waals surface area contributed by atoms with E-state index in [0.29, 0.717) is 23.7 Å². The van der Waals surface area contributed by atoms with Gasteiger partial charge in [-0.1, -0.05) is 16.8 Å². The summed E-state index contributed by atoms with van der Waals surface area (Å²) in [5, 5.41) is 8.05. The van der Waals surface area contributed by atoms with Gasteiger partial charge in [0.15, 0.2) is 0 Å². The molecule has 0 aliphatic rings. The van der Waals surface area contributed by atoms with Gasteiger partial charge in [-0.05, 0) is 24.7 Å². The van der Waals surface area contributed by atoms with Crippen molar-refractivity contribution in [1.29, 1.82) is 0 Å². The van der Waals surface area contributed by atoms with Gasteiger partial charge in [0.25, 0.3) is 0 Å². The smallest absolute Gasteiger partial charge is 0.150 e. The van der Waals surface area contributed by atoms with E-state index in [4.69, 9.17) is 17.3 Å². The molecule has 16 heavy (non-hydrogen) atoms. The van der Waals surface area contributed by atoms with E-state index in [-0.39, 0.29) is 0 Å². The highest BCUT2D eigenvalue weighted by molar-refractivity contribution is 6.30. The Morgan fingerprint density at radius 2 is 2.25 bits per heavy atom. The zero-order valence-electron chi connectivity index (χ0n) is 8.40. The summed E-state index contributed by atoms with van der Waals surface area (Å²) in [6, 6.07) is 4.39. The minimum Gasteiger partial charge on any atom is -0.330 e. The number of hydrogen-bond donors (Lipinski definition) is 1. The highest BCUT2D eigenvalue weighted by atomic mass is 35.5. The van der Waals surface area contributed by atoms with Crippen LogP contribution in [0.1, 0.15) is 5.69 Å². The quantitative estimate of drug-likeness (QED) is 0.886. The average molecular weight is 241 g/mol. The Morgan fingerprint density at radius 1 is 1.44 bits per heavy atom. The van der Waals surface area contributed by atoms with Gasteiger partial charge in [-0.15, -0.1) is 5.10 Å². The maximum absolute atomic E-state index is 13.5. The SMILES string of the molecule is NCCc1cn(-c2ccc(Cl)cc2F)nn1. The summed E-state index contributed by atoms with van der Waals surface area (Å²) in [7, 11) is 0. The Hall–Kier alpha value is -1.46. The summed E-state index contributed by atoms with van der Waals surface area (Å²) in [4.78, 5) is 0. The van der Waals surface area contributed by atoms with E-state index < -0.39 is 5.82 Å². The van der Waals surface area contributed by atoms with Gasteiger partial charge in [0.05, 0.1) is 11.9 Å². The van der Waals surface area contributed by atoms with Crippen molar-refractivity contribution in [3.05, 3.63) is 40.9 Å². The van der Waals surface area contributed by atoms with Crippen molar-refractivity contribution in [3.8, 4) is 5.69 Å². The molecule has 84 valence electrons. The molecule has 0 aliphatic heterocycles. The number of hydrogen-bond acceptors (Lipinski definition) is 3. The lowest BCUT2D eigenvalue weighted by Crippen LogP contribution is -2.02. The molecule has 0 saturated carbocycles. The Morgan fingerprint density at radius 3 is 2.94 bits per heavy atom. The summed E-state index contributed by atoms with van der Waals surface area (Å²) < 4.78 is 14.9. The molecule has 0 spiro atoms. The molecular weight excluding hydrogens is 231 g/mol. The predicted octanol–water partition coefficient (Wildman–Crippen LogP) is 1.56. The standard InChI is InChI=1S/C10H10ClFN4/c11-7-1-2-10(9(12)5-7)16-6-8(3-4-13)14-15-16/h1-2,5-6H,3-4,13H2. The molecule has 0 aliphatic carbocycles. The van der Waals surface area contributed by atoms with Crippen molar-refractivity contribution in [2.45, 2.75) is 6.42 Å². The van der Waals surface area contributed by atoms with Crippen molar-refractivity contribution in [3.63, 3.8) is 0 Å². The first-order chi connectivity index (χ1) is 7.70. The van der Waals surface area contributed by atoms with Crippen LogP contribution in [0.25, 0.3) is 5.69 Å². The molecule has 0 saturated heterocycles. The number of aromatic nitrogens is 3. The molecule has 2 N–H and O–H groups in total. The van der Waals surface area contributed by atoms with Crippen molar-refractivity contribution < 1.29 is 4.39 Å². The molecule has 0 atom stereocenters. The van der Waals surface area contributed by atoms with Gasteiger partial charge in [0.1, 0.15) is 11.5 Å². The molecule has 0 amide bonds. The molecular formula is C10H10ClFN4. The van der Waals surface area contributed by atoms with E-state index in [1.807, 2.05) is 0 Å². The summed E-state index contributed by atoms with van der Waals surface area (Å²) in [5.74, 6) is -0.434. The lowest BCUT2D eigenvalue weighted by molar-refractivity contribution is 0.607. The Kier molecular flexibility index (Phi) is 3.17. The van der Waals surface area contributed by atoms with Crippen molar-refractivity contribution in [2.75, 3.05) is 6.54 Å². The van der Waals surface area contributed by atoms with Crippen LogP contribution in [0.3, 0.4) is 0 Å². The zero-order chi connectivity index (χ0) is 11.5. The molecule has 6 heteroatoms. The summed E-state index contributed by atoms with van der Waals surface area (Å²) in [6.45, 7) is 0.488. The van der Waals surface area contributed by atoms with Gasteiger partial charge >= 0.3 is 0 Å². The number of benzene rings is 1. The van der Waals surface area contributed by atoms with E-state index >= 15 is 0 Å². The maximum Gasteiger partial charge on any atom is 0.150 e. The normalized spacial score (nSPS) is 10.7. The molecule has 0 unspecified atom stereocenters. The van der Waals surface area contributed by atoms with Crippen LogP contribution in [0.15, 0.2) is 24.4 Å². The van der Waals surface area contributed by atoms with E-state index in [9.17, 15) is 4.39 Å². The third kappa shape index (κ3) is 2.20. The molecule has 0 radical (unpaired) electrons.